The Bertz CT molecular complexity index is 1480. The maximum absolute atomic E-state index is 13.9. The highest BCUT2D eigenvalue weighted by atomic mass is 79.9. The van der Waals surface area contributed by atoms with E-state index in [0.717, 1.165) is 15.6 Å². The summed E-state index contributed by atoms with van der Waals surface area (Å²) in [5, 5.41) is 44.7. The average Bonchev–Trinajstić information content (AvgIpc) is 2.86. The molecule has 5 rings (SSSR count). The Balaban J connectivity index is 1.61. The van der Waals surface area contributed by atoms with E-state index in [1.165, 1.54) is 11.0 Å². The molecule has 39 heavy (non-hydrogen) atoms. The Kier molecular flexibility index (Phi) is 6.69. The van der Waals surface area contributed by atoms with Crippen molar-refractivity contribution in [3.8, 4) is 5.75 Å². The molecule has 1 saturated carbocycles. The van der Waals surface area contributed by atoms with E-state index in [9.17, 15) is 34.8 Å². The topological polar surface area (TPSA) is 161 Å². The molecule has 2 aromatic rings. The predicted molar refractivity (Wildman–Crippen MR) is 146 cm³/mol. The van der Waals surface area contributed by atoms with Crippen LogP contribution < -0.4 is 5.73 Å². The maximum atomic E-state index is 13.9. The molecule has 9 nitrogen and oxygen atoms in total. The average molecular weight is 597 g/mol. The number of halogens is 1. The number of primary amides is 1. The molecule has 0 spiro atoms. The van der Waals surface area contributed by atoms with E-state index in [2.05, 4.69) is 15.9 Å². The van der Waals surface area contributed by atoms with Gasteiger partial charge in [0.1, 0.15) is 22.8 Å². The van der Waals surface area contributed by atoms with Crippen molar-refractivity contribution in [2.75, 3.05) is 14.1 Å². The molecule has 0 heterocycles. The van der Waals surface area contributed by atoms with Gasteiger partial charge in [-0.05, 0) is 80.6 Å². The van der Waals surface area contributed by atoms with Crippen LogP contribution in [0.25, 0.3) is 5.76 Å². The summed E-state index contributed by atoms with van der Waals surface area (Å²) in [4.78, 5) is 40.7. The molecule has 1 amide bonds. The highest BCUT2D eigenvalue weighted by Gasteiger charge is 2.64. The molecule has 6 N–H and O–H groups in total. The van der Waals surface area contributed by atoms with Crippen LogP contribution in [0.1, 0.15) is 28.7 Å². The molecule has 1 fully saturated rings. The Labute approximate surface area is 233 Å². The van der Waals surface area contributed by atoms with Crippen molar-refractivity contribution >= 4 is 39.2 Å². The number of aryl methyl sites for hydroxylation is 2. The number of fused-ring (bicyclic) bond motifs is 3. The molecular formula is C29H29BrN2O7. The van der Waals surface area contributed by atoms with Gasteiger partial charge in [-0.1, -0.05) is 34.1 Å². The number of rotatable bonds is 5. The first-order valence-electron chi connectivity index (χ1n) is 12.6. The van der Waals surface area contributed by atoms with Gasteiger partial charge in [0.15, 0.2) is 11.4 Å². The van der Waals surface area contributed by atoms with E-state index in [1.54, 1.807) is 20.2 Å². The number of amides is 1. The van der Waals surface area contributed by atoms with Crippen LogP contribution in [0.4, 0.5) is 0 Å². The minimum Gasteiger partial charge on any atom is -0.508 e. The number of benzene rings is 2. The number of ketones is 2. The number of aliphatic hydroxyl groups excluding tert-OH is 2. The minimum absolute atomic E-state index is 0.0631. The summed E-state index contributed by atoms with van der Waals surface area (Å²) in [5.41, 5.74) is 4.55. The summed E-state index contributed by atoms with van der Waals surface area (Å²) in [6.07, 6.45) is 1.66. The van der Waals surface area contributed by atoms with E-state index >= 15 is 0 Å². The molecule has 2 aromatic carbocycles. The molecule has 4 atom stereocenters. The Morgan fingerprint density at radius 3 is 2.36 bits per heavy atom. The van der Waals surface area contributed by atoms with Gasteiger partial charge in [-0.3, -0.25) is 19.3 Å². The summed E-state index contributed by atoms with van der Waals surface area (Å²) in [6, 6.07) is 10.1. The van der Waals surface area contributed by atoms with Gasteiger partial charge in [0.25, 0.3) is 5.91 Å². The number of nitrogens with zero attached hydrogens (tertiary/aromatic N) is 1. The molecule has 204 valence electrons. The minimum atomic E-state index is -2.64. The number of likely N-dealkylation sites (N-methyl/N-ethyl adjacent to an activating group) is 1. The van der Waals surface area contributed by atoms with Crippen LogP contribution >= 0.6 is 15.9 Å². The maximum Gasteiger partial charge on any atom is 0.255 e. The van der Waals surface area contributed by atoms with E-state index < -0.39 is 58.0 Å². The predicted octanol–water partition coefficient (Wildman–Crippen LogP) is 2.51. The van der Waals surface area contributed by atoms with Crippen molar-refractivity contribution in [2.24, 2.45) is 17.6 Å². The number of hydrogen-bond donors (Lipinski definition) is 5. The van der Waals surface area contributed by atoms with Gasteiger partial charge in [0, 0.05) is 16.0 Å². The number of hydrogen-bond acceptors (Lipinski definition) is 8. The summed E-state index contributed by atoms with van der Waals surface area (Å²) < 4.78 is 0.971. The molecule has 0 saturated heterocycles. The molecule has 0 aliphatic heterocycles. The van der Waals surface area contributed by atoms with E-state index in [-0.39, 0.29) is 29.7 Å². The lowest BCUT2D eigenvalue weighted by Crippen LogP contribution is -2.65. The van der Waals surface area contributed by atoms with Crippen LogP contribution in [0.2, 0.25) is 0 Å². The standard InChI is InChI=1S/C29H29BrN2O7/c1-32(2)23-18-12-15-11-17-14(6-3-13-4-8-16(30)9-5-13)7-10-19(33)21(17)24(34)20(15)26(36)29(18,39)27(37)22(25(23)35)28(31)38/h4-5,7-10,15,18,23,33-34,37,39H,3,6,11-12H2,1-2H3,(H2,31,38)/t15-,18-,23-,29-/m1/s1. The quantitative estimate of drug-likeness (QED) is 0.329. The zero-order chi connectivity index (χ0) is 28.4. The number of aliphatic hydroxyl groups is 3. The molecular weight excluding hydrogens is 568 g/mol. The first-order chi connectivity index (χ1) is 18.4. The number of nitrogens with two attached hydrogens (primary N) is 1. The third-order valence-electron chi connectivity index (χ3n) is 8.30. The van der Waals surface area contributed by atoms with E-state index in [1.807, 2.05) is 24.3 Å². The SMILES string of the molecule is CN(C)[C@H]1C(=O)C(C(N)=O)=C(O)[C@]2(O)C(=O)C3=C(O)c4c(O)ccc(CCc5ccc(Br)cc5)c4C[C@@H]3C[C@H]12. The normalized spacial score (nSPS) is 26.4. The Hall–Kier alpha value is -3.47. The van der Waals surface area contributed by atoms with Gasteiger partial charge in [0.2, 0.25) is 5.78 Å². The van der Waals surface area contributed by atoms with Crippen molar-refractivity contribution in [1.82, 2.24) is 4.90 Å². The second kappa shape index (κ2) is 9.62. The molecule has 3 aliphatic carbocycles. The number of carbonyl (C=O) groups excluding carboxylic acids is 3. The van der Waals surface area contributed by atoms with Crippen molar-refractivity contribution < 1.29 is 34.8 Å². The summed E-state index contributed by atoms with van der Waals surface area (Å²) in [7, 11) is 3.15. The number of Topliss-reactive ketones (excluding diaryl/α,β-unsaturated/α-hetero) is 2. The zero-order valence-electron chi connectivity index (χ0n) is 21.4. The van der Waals surface area contributed by atoms with E-state index in [0.29, 0.717) is 18.4 Å². The molecule has 0 bridgehead atoms. The first-order valence-corrected chi connectivity index (χ1v) is 13.4. The van der Waals surface area contributed by atoms with Gasteiger partial charge < -0.3 is 26.2 Å². The number of phenols is 1. The Morgan fingerprint density at radius 1 is 1.08 bits per heavy atom. The van der Waals surface area contributed by atoms with Crippen molar-refractivity contribution in [3.63, 3.8) is 0 Å². The van der Waals surface area contributed by atoms with Crippen LogP contribution in [-0.4, -0.2) is 68.5 Å². The molecule has 3 aliphatic rings. The number of carbonyl (C=O) groups is 3. The lowest BCUT2D eigenvalue weighted by atomic mass is 9.57. The molecule has 10 heteroatoms. The highest BCUT2D eigenvalue weighted by Crippen LogP contribution is 2.53. The van der Waals surface area contributed by atoms with Crippen molar-refractivity contribution in [2.45, 2.75) is 37.3 Å². The molecule has 0 unspecified atom stereocenters. The van der Waals surface area contributed by atoms with E-state index in [4.69, 9.17) is 5.73 Å². The fraction of sp³-hybridized carbons (Fsp3) is 0.345. The van der Waals surface area contributed by atoms with Gasteiger partial charge in [-0.25, -0.2) is 0 Å². The highest BCUT2D eigenvalue weighted by molar-refractivity contribution is 9.10. The van der Waals surface area contributed by atoms with Crippen molar-refractivity contribution in [3.05, 3.63) is 80.0 Å². The van der Waals surface area contributed by atoms with Gasteiger partial charge in [-0.15, -0.1) is 0 Å². The fourth-order valence-electron chi connectivity index (χ4n) is 6.47. The summed E-state index contributed by atoms with van der Waals surface area (Å²) in [6.45, 7) is 0. The lowest BCUT2D eigenvalue weighted by Gasteiger charge is -2.50. The fourth-order valence-corrected chi connectivity index (χ4v) is 6.74. The second-order valence-electron chi connectivity index (χ2n) is 10.7. The Morgan fingerprint density at radius 2 is 1.74 bits per heavy atom. The first kappa shape index (κ1) is 27.1. The largest absolute Gasteiger partial charge is 0.508 e. The molecule has 0 radical (unpaired) electrons. The monoisotopic (exact) mass is 596 g/mol. The number of aromatic hydroxyl groups is 1. The second-order valence-corrected chi connectivity index (χ2v) is 11.6. The molecule has 0 aromatic heterocycles. The summed E-state index contributed by atoms with van der Waals surface area (Å²) in [5.74, 6) is -6.52. The number of phenolic OH excluding ortho intramolecular Hbond substituents is 1. The third kappa shape index (κ3) is 4.09. The van der Waals surface area contributed by atoms with Gasteiger partial charge >= 0.3 is 0 Å². The van der Waals surface area contributed by atoms with Crippen LogP contribution in [0.5, 0.6) is 5.75 Å². The van der Waals surface area contributed by atoms with Crippen LogP contribution in [0.15, 0.2) is 57.8 Å². The zero-order valence-corrected chi connectivity index (χ0v) is 23.0. The summed E-state index contributed by atoms with van der Waals surface area (Å²) >= 11 is 3.43. The van der Waals surface area contributed by atoms with Crippen LogP contribution in [0.3, 0.4) is 0 Å². The lowest BCUT2D eigenvalue weighted by molar-refractivity contribution is -0.153. The van der Waals surface area contributed by atoms with Gasteiger partial charge in [-0.2, -0.15) is 0 Å². The van der Waals surface area contributed by atoms with Crippen molar-refractivity contribution in [1.29, 1.82) is 0 Å². The van der Waals surface area contributed by atoms with Crippen LogP contribution in [0, 0.1) is 11.8 Å². The van der Waals surface area contributed by atoms with Crippen LogP contribution in [-0.2, 0) is 33.6 Å². The van der Waals surface area contributed by atoms with Gasteiger partial charge in [0.05, 0.1) is 11.6 Å². The smallest absolute Gasteiger partial charge is 0.255 e. The third-order valence-corrected chi connectivity index (χ3v) is 8.83.